The molecule has 0 bridgehead atoms. The normalized spacial score (nSPS) is 12.9. The molecule has 0 unspecified atom stereocenters. The molecular weight excluding hydrogens is 550 g/mol. The predicted molar refractivity (Wildman–Crippen MR) is 165 cm³/mol. The highest BCUT2D eigenvalue weighted by molar-refractivity contribution is 8.04. The first-order valence-electron chi connectivity index (χ1n) is 13.1. The maximum atomic E-state index is 13.7. The standard InChI is InChI=1S/C33H29N3O5S/c1-20-8-13-24(14-9-20)36-32(38)29(35-27-18-21(2)10-17-28(27)41-4)30(33(36)39)42-26-15-11-23(12-16-26)34-31(37)22-6-5-7-25(19-22)40-3/h5-19,35H,1-4H3,(H,34,37). The van der Waals surface area contributed by atoms with Crippen LogP contribution in [0.2, 0.25) is 0 Å². The summed E-state index contributed by atoms with van der Waals surface area (Å²) >= 11 is 1.17. The lowest BCUT2D eigenvalue weighted by Gasteiger charge is -2.16. The van der Waals surface area contributed by atoms with Gasteiger partial charge in [-0.2, -0.15) is 0 Å². The lowest BCUT2D eigenvalue weighted by atomic mass is 10.2. The zero-order valence-electron chi connectivity index (χ0n) is 23.6. The number of aryl methyl sites for hydroxylation is 2. The molecule has 0 saturated carbocycles. The lowest BCUT2D eigenvalue weighted by molar-refractivity contribution is -0.120. The molecule has 9 heteroatoms. The Hall–Kier alpha value is -5.02. The Labute approximate surface area is 248 Å². The topological polar surface area (TPSA) is 97.0 Å². The molecule has 212 valence electrons. The number of hydrogen-bond donors (Lipinski definition) is 2. The molecule has 5 rings (SSSR count). The molecule has 0 aliphatic carbocycles. The van der Waals surface area contributed by atoms with Crippen molar-refractivity contribution in [2.75, 3.05) is 29.8 Å². The first-order valence-corrected chi connectivity index (χ1v) is 13.9. The van der Waals surface area contributed by atoms with Gasteiger partial charge in [-0.3, -0.25) is 14.4 Å². The number of nitrogens with zero attached hydrogens (tertiary/aromatic N) is 1. The van der Waals surface area contributed by atoms with Crippen molar-refractivity contribution in [3.8, 4) is 11.5 Å². The Morgan fingerprint density at radius 2 is 1.50 bits per heavy atom. The van der Waals surface area contributed by atoms with Crippen molar-refractivity contribution in [2.45, 2.75) is 18.7 Å². The largest absolute Gasteiger partial charge is 0.497 e. The van der Waals surface area contributed by atoms with Gasteiger partial charge in [-0.1, -0.05) is 41.6 Å². The fourth-order valence-electron chi connectivity index (χ4n) is 4.39. The van der Waals surface area contributed by atoms with Gasteiger partial charge in [-0.05, 0) is 86.1 Å². The molecular formula is C33H29N3O5S. The Bertz CT molecular complexity index is 1700. The van der Waals surface area contributed by atoms with E-state index in [2.05, 4.69) is 10.6 Å². The summed E-state index contributed by atoms with van der Waals surface area (Å²) in [6.07, 6.45) is 0. The van der Waals surface area contributed by atoms with Gasteiger partial charge in [0, 0.05) is 16.1 Å². The second-order valence-electron chi connectivity index (χ2n) is 9.63. The van der Waals surface area contributed by atoms with Crippen LogP contribution in [0.25, 0.3) is 0 Å². The number of ether oxygens (including phenoxy) is 2. The average Bonchev–Trinajstić information content (AvgIpc) is 3.22. The van der Waals surface area contributed by atoms with Crippen LogP contribution in [0.15, 0.2) is 106 Å². The fraction of sp³-hybridized carbons (Fsp3) is 0.121. The Balaban J connectivity index is 1.43. The zero-order chi connectivity index (χ0) is 29.8. The van der Waals surface area contributed by atoms with E-state index in [0.29, 0.717) is 39.0 Å². The highest BCUT2D eigenvalue weighted by Crippen LogP contribution is 2.39. The van der Waals surface area contributed by atoms with Gasteiger partial charge in [-0.15, -0.1) is 0 Å². The molecule has 42 heavy (non-hydrogen) atoms. The summed E-state index contributed by atoms with van der Waals surface area (Å²) < 4.78 is 10.7. The van der Waals surface area contributed by atoms with Gasteiger partial charge < -0.3 is 20.1 Å². The molecule has 0 fully saturated rings. The number of rotatable bonds is 9. The number of carbonyl (C=O) groups excluding carboxylic acids is 3. The van der Waals surface area contributed by atoms with Crippen LogP contribution in [0.5, 0.6) is 11.5 Å². The van der Waals surface area contributed by atoms with E-state index in [0.717, 1.165) is 11.1 Å². The van der Waals surface area contributed by atoms with Crippen LogP contribution in [0.4, 0.5) is 17.1 Å². The molecule has 0 aromatic heterocycles. The summed E-state index contributed by atoms with van der Waals surface area (Å²) in [5.74, 6) is -0.0372. The minimum atomic E-state index is -0.461. The van der Waals surface area contributed by atoms with Crippen molar-refractivity contribution >= 4 is 46.5 Å². The van der Waals surface area contributed by atoms with Crippen molar-refractivity contribution in [2.24, 2.45) is 0 Å². The van der Waals surface area contributed by atoms with Crippen LogP contribution in [0.1, 0.15) is 21.5 Å². The smallest absolute Gasteiger partial charge is 0.283 e. The molecule has 0 spiro atoms. The van der Waals surface area contributed by atoms with E-state index >= 15 is 0 Å². The molecule has 4 aromatic carbocycles. The molecule has 1 heterocycles. The maximum absolute atomic E-state index is 13.7. The van der Waals surface area contributed by atoms with Gasteiger partial charge in [0.1, 0.15) is 22.1 Å². The first-order chi connectivity index (χ1) is 20.3. The number of methoxy groups -OCH3 is 2. The monoisotopic (exact) mass is 579 g/mol. The molecule has 1 aliphatic heterocycles. The highest BCUT2D eigenvalue weighted by atomic mass is 32.2. The van der Waals surface area contributed by atoms with Crippen LogP contribution >= 0.6 is 11.8 Å². The third-order valence-electron chi connectivity index (χ3n) is 6.61. The summed E-state index contributed by atoms with van der Waals surface area (Å²) in [5.41, 5.74) is 4.24. The second-order valence-corrected chi connectivity index (χ2v) is 10.7. The van der Waals surface area contributed by atoms with Crippen LogP contribution in [-0.4, -0.2) is 31.9 Å². The Morgan fingerprint density at radius 3 is 2.19 bits per heavy atom. The minimum absolute atomic E-state index is 0.157. The number of benzene rings is 4. The number of amides is 3. The highest BCUT2D eigenvalue weighted by Gasteiger charge is 2.40. The molecule has 0 radical (unpaired) electrons. The third-order valence-corrected chi connectivity index (χ3v) is 7.70. The number of anilines is 3. The molecule has 2 N–H and O–H groups in total. The van der Waals surface area contributed by atoms with Crippen molar-refractivity contribution < 1.29 is 23.9 Å². The van der Waals surface area contributed by atoms with Gasteiger partial charge in [0.2, 0.25) is 0 Å². The van der Waals surface area contributed by atoms with E-state index in [1.807, 2.05) is 44.2 Å². The minimum Gasteiger partial charge on any atom is -0.497 e. The van der Waals surface area contributed by atoms with Gasteiger partial charge >= 0.3 is 0 Å². The zero-order valence-corrected chi connectivity index (χ0v) is 24.4. The van der Waals surface area contributed by atoms with E-state index in [9.17, 15) is 14.4 Å². The number of nitrogens with one attached hydrogen (secondary N) is 2. The molecule has 8 nitrogen and oxygen atoms in total. The second kappa shape index (κ2) is 12.2. The van der Waals surface area contributed by atoms with E-state index < -0.39 is 11.8 Å². The number of imide groups is 1. The van der Waals surface area contributed by atoms with E-state index in [4.69, 9.17) is 9.47 Å². The summed E-state index contributed by atoms with van der Waals surface area (Å²) in [6, 6.07) is 26.7. The van der Waals surface area contributed by atoms with Crippen molar-refractivity contribution in [1.82, 2.24) is 0 Å². The van der Waals surface area contributed by atoms with E-state index in [-0.39, 0.29) is 16.5 Å². The third kappa shape index (κ3) is 6.01. The van der Waals surface area contributed by atoms with Gasteiger partial charge in [0.25, 0.3) is 17.7 Å². The van der Waals surface area contributed by atoms with Gasteiger partial charge in [-0.25, -0.2) is 4.90 Å². The number of carbonyl (C=O) groups is 3. The van der Waals surface area contributed by atoms with Crippen LogP contribution in [0.3, 0.4) is 0 Å². The molecule has 3 amide bonds. The van der Waals surface area contributed by atoms with Crippen LogP contribution in [0, 0.1) is 13.8 Å². The van der Waals surface area contributed by atoms with E-state index in [1.165, 1.54) is 16.7 Å². The van der Waals surface area contributed by atoms with Gasteiger partial charge in [0.05, 0.1) is 25.6 Å². The SMILES string of the molecule is COc1cccc(C(=O)Nc2ccc(SC3=C(Nc4cc(C)ccc4OC)C(=O)N(c4ccc(C)cc4)C3=O)cc2)c1. The van der Waals surface area contributed by atoms with Crippen molar-refractivity contribution in [1.29, 1.82) is 0 Å². The van der Waals surface area contributed by atoms with Crippen molar-refractivity contribution in [3.63, 3.8) is 0 Å². The molecule has 0 saturated heterocycles. The van der Waals surface area contributed by atoms with Gasteiger partial charge in [0.15, 0.2) is 0 Å². The Morgan fingerprint density at radius 1 is 0.786 bits per heavy atom. The first kappa shape index (κ1) is 28.5. The fourth-order valence-corrected chi connectivity index (χ4v) is 5.32. The van der Waals surface area contributed by atoms with Crippen LogP contribution < -0.4 is 25.0 Å². The van der Waals surface area contributed by atoms with E-state index in [1.54, 1.807) is 74.9 Å². The molecule has 4 aromatic rings. The maximum Gasteiger partial charge on any atom is 0.283 e. The Kier molecular flexibility index (Phi) is 8.31. The lowest BCUT2D eigenvalue weighted by Crippen LogP contribution is -2.32. The summed E-state index contributed by atoms with van der Waals surface area (Å²) in [4.78, 5) is 42.3. The van der Waals surface area contributed by atoms with Crippen LogP contribution in [-0.2, 0) is 9.59 Å². The van der Waals surface area contributed by atoms with Crippen molar-refractivity contribution in [3.05, 3.63) is 118 Å². The summed E-state index contributed by atoms with van der Waals surface area (Å²) in [6.45, 7) is 3.88. The molecule has 1 aliphatic rings. The number of hydrogen-bond acceptors (Lipinski definition) is 7. The molecule has 0 atom stereocenters. The summed E-state index contributed by atoms with van der Waals surface area (Å²) in [7, 11) is 3.10. The number of thioether (sulfide) groups is 1. The quantitative estimate of drug-likeness (QED) is 0.217. The average molecular weight is 580 g/mol. The predicted octanol–water partition coefficient (Wildman–Crippen LogP) is 6.56. The summed E-state index contributed by atoms with van der Waals surface area (Å²) in [5, 5.41) is 6.05.